The maximum Gasteiger partial charge on any atom is 0.414 e. The van der Waals surface area contributed by atoms with Crippen molar-refractivity contribution < 1.29 is 38.1 Å². The summed E-state index contributed by atoms with van der Waals surface area (Å²) in [5, 5.41) is 25.7. The van der Waals surface area contributed by atoms with Crippen LogP contribution in [0.4, 0.5) is 0 Å². The number of aliphatic hydroxyl groups is 1. The molecule has 1 unspecified atom stereocenters. The predicted octanol–water partition coefficient (Wildman–Crippen LogP) is 1.94. The van der Waals surface area contributed by atoms with E-state index in [0.29, 0.717) is 41.8 Å². The molecule has 0 spiro atoms. The molecule has 35 heavy (non-hydrogen) atoms. The number of rotatable bonds is 7. The maximum atomic E-state index is 12.9. The Morgan fingerprint density at radius 1 is 0.971 bits per heavy atom. The van der Waals surface area contributed by atoms with Crippen molar-refractivity contribution in [3.8, 4) is 5.75 Å². The van der Waals surface area contributed by atoms with Crippen molar-refractivity contribution in [3.63, 3.8) is 0 Å². The fourth-order valence-corrected chi connectivity index (χ4v) is 4.90. The average molecular weight is 529 g/mol. The Morgan fingerprint density at radius 2 is 1.57 bits per heavy atom. The highest BCUT2D eigenvalue weighted by molar-refractivity contribution is 7.89. The van der Waals surface area contributed by atoms with Gasteiger partial charge in [-0.1, -0.05) is 29.3 Å². The normalized spacial score (nSPS) is 15.9. The van der Waals surface area contributed by atoms with E-state index < -0.39 is 28.1 Å². The van der Waals surface area contributed by atoms with Crippen molar-refractivity contribution in [3.05, 3.63) is 59.1 Å². The molecule has 1 fully saturated rings. The first-order valence-electron chi connectivity index (χ1n) is 10.8. The Kier molecular flexibility index (Phi) is 10.9. The molecule has 12 heteroatoms. The quantitative estimate of drug-likeness (QED) is 0.459. The third kappa shape index (κ3) is 9.46. The monoisotopic (exact) mass is 528 g/mol. The van der Waals surface area contributed by atoms with Crippen LogP contribution in [-0.4, -0.2) is 90.3 Å². The minimum atomic E-state index is -3.50. The Balaban J connectivity index is 0.000000641. The zero-order valence-electron chi connectivity index (χ0n) is 19.2. The van der Waals surface area contributed by atoms with E-state index in [1.165, 1.54) is 4.31 Å². The summed E-state index contributed by atoms with van der Waals surface area (Å²) in [5.41, 5.74) is 1.03. The number of sulfonamides is 1. The van der Waals surface area contributed by atoms with Gasteiger partial charge in [0, 0.05) is 31.2 Å². The van der Waals surface area contributed by atoms with Gasteiger partial charge in [-0.25, -0.2) is 18.0 Å². The Morgan fingerprint density at radius 3 is 2.14 bits per heavy atom. The highest BCUT2D eigenvalue weighted by Crippen LogP contribution is 2.19. The van der Waals surface area contributed by atoms with Crippen molar-refractivity contribution in [2.24, 2.45) is 0 Å². The molecule has 3 rings (SSSR count). The summed E-state index contributed by atoms with van der Waals surface area (Å²) in [6.45, 7) is 4.73. The molecule has 1 saturated heterocycles. The first-order valence-corrected chi connectivity index (χ1v) is 12.6. The van der Waals surface area contributed by atoms with Gasteiger partial charge in [0.15, 0.2) is 0 Å². The molecule has 1 heterocycles. The SMILES string of the molecule is Cc1ccc(S(=O)(=O)N2CCCN(CC(O)COc3ccc(Cl)cc3)CC2)cc1.O=C(O)C(=O)O. The van der Waals surface area contributed by atoms with E-state index in [-0.39, 0.29) is 6.61 Å². The van der Waals surface area contributed by atoms with Crippen LogP contribution in [0.1, 0.15) is 12.0 Å². The van der Waals surface area contributed by atoms with Crippen molar-refractivity contribution in [2.45, 2.75) is 24.3 Å². The van der Waals surface area contributed by atoms with Gasteiger partial charge >= 0.3 is 11.9 Å². The third-order valence-corrected chi connectivity index (χ3v) is 7.28. The van der Waals surface area contributed by atoms with E-state index in [1.807, 2.05) is 19.1 Å². The molecule has 0 saturated carbocycles. The summed E-state index contributed by atoms with van der Waals surface area (Å²) < 4.78 is 32.9. The average Bonchev–Trinajstić information content (AvgIpc) is 3.05. The van der Waals surface area contributed by atoms with E-state index in [4.69, 9.17) is 36.1 Å². The lowest BCUT2D eigenvalue weighted by Gasteiger charge is -2.24. The summed E-state index contributed by atoms with van der Waals surface area (Å²) in [5.74, 6) is -3.00. The topological polar surface area (TPSA) is 145 Å². The number of benzene rings is 2. The molecule has 192 valence electrons. The lowest BCUT2D eigenvalue weighted by Crippen LogP contribution is -2.39. The van der Waals surface area contributed by atoms with Crippen LogP contribution in [0.3, 0.4) is 0 Å². The molecule has 1 atom stereocenters. The number of halogens is 1. The molecule has 0 amide bonds. The van der Waals surface area contributed by atoms with E-state index in [2.05, 4.69) is 4.90 Å². The minimum absolute atomic E-state index is 0.170. The Hall–Kier alpha value is -2.70. The molecule has 0 radical (unpaired) electrons. The van der Waals surface area contributed by atoms with Gasteiger partial charge in [0.1, 0.15) is 18.5 Å². The summed E-state index contributed by atoms with van der Waals surface area (Å²) in [4.78, 5) is 20.6. The standard InChI is InChI=1S/C21H27ClN2O4S.C2H2O4/c1-17-3-9-21(10-4-17)29(26,27)24-12-2-11-23(13-14-24)15-19(25)16-28-20-7-5-18(22)6-8-20;3-1(4)2(5)6/h3-10,19,25H,2,11-16H2,1H3;(H,3,4)(H,5,6). The summed E-state index contributed by atoms with van der Waals surface area (Å²) >= 11 is 5.85. The van der Waals surface area contributed by atoms with Gasteiger partial charge in [0.2, 0.25) is 10.0 Å². The van der Waals surface area contributed by atoms with Crippen LogP contribution < -0.4 is 4.74 Å². The number of β-amino-alcohol motifs (C(OH)–C–C–N with tert-alkyl or cyclic N) is 1. The fourth-order valence-electron chi connectivity index (χ4n) is 3.30. The zero-order chi connectivity index (χ0) is 26.0. The largest absolute Gasteiger partial charge is 0.491 e. The number of nitrogens with zero attached hydrogens (tertiary/aromatic N) is 2. The van der Waals surface area contributed by atoms with Crippen LogP contribution in [-0.2, 0) is 19.6 Å². The van der Waals surface area contributed by atoms with Gasteiger partial charge in [-0.2, -0.15) is 4.31 Å². The van der Waals surface area contributed by atoms with Gasteiger partial charge in [-0.05, 0) is 56.3 Å². The summed E-state index contributed by atoms with van der Waals surface area (Å²) in [6, 6.07) is 13.9. The molecule has 1 aliphatic rings. The van der Waals surface area contributed by atoms with E-state index >= 15 is 0 Å². The number of carboxylic acids is 2. The van der Waals surface area contributed by atoms with Crippen molar-refractivity contribution >= 4 is 33.6 Å². The van der Waals surface area contributed by atoms with Crippen molar-refractivity contribution in [1.29, 1.82) is 0 Å². The molecule has 0 aromatic heterocycles. The number of ether oxygens (including phenoxy) is 1. The van der Waals surface area contributed by atoms with Gasteiger partial charge in [-0.15, -0.1) is 0 Å². The number of carboxylic acid groups (broad SMARTS) is 2. The Labute approximate surface area is 209 Å². The van der Waals surface area contributed by atoms with Crippen LogP contribution >= 0.6 is 11.6 Å². The molecule has 0 bridgehead atoms. The van der Waals surface area contributed by atoms with Gasteiger partial charge < -0.3 is 20.1 Å². The van der Waals surface area contributed by atoms with E-state index in [1.54, 1.807) is 36.4 Å². The fraction of sp³-hybridized carbons (Fsp3) is 0.391. The summed E-state index contributed by atoms with van der Waals surface area (Å²) in [7, 11) is -3.50. The lowest BCUT2D eigenvalue weighted by atomic mass is 10.2. The zero-order valence-corrected chi connectivity index (χ0v) is 20.8. The smallest absolute Gasteiger partial charge is 0.414 e. The molecule has 2 aromatic rings. The Bertz CT molecular complexity index is 1070. The van der Waals surface area contributed by atoms with Crippen LogP contribution in [0.25, 0.3) is 0 Å². The second kappa shape index (κ2) is 13.4. The molecule has 3 N–H and O–H groups in total. The highest BCUT2D eigenvalue weighted by atomic mass is 35.5. The third-order valence-electron chi connectivity index (χ3n) is 5.11. The van der Waals surface area contributed by atoms with Gasteiger partial charge in [-0.3, -0.25) is 4.90 Å². The summed E-state index contributed by atoms with van der Waals surface area (Å²) in [6.07, 6.45) is 0.0569. The predicted molar refractivity (Wildman–Crippen MR) is 129 cm³/mol. The van der Waals surface area contributed by atoms with E-state index in [9.17, 15) is 13.5 Å². The molecule has 2 aromatic carbocycles. The molecular formula is C23H29ClN2O8S. The number of hydrogen-bond donors (Lipinski definition) is 3. The number of aryl methyl sites for hydroxylation is 1. The number of aliphatic carboxylic acids is 2. The second-order valence-electron chi connectivity index (χ2n) is 7.90. The molecule has 10 nitrogen and oxygen atoms in total. The first-order chi connectivity index (χ1) is 16.5. The number of carbonyl (C=O) groups is 2. The lowest BCUT2D eigenvalue weighted by molar-refractivity contribution is -0.159. The molecule has 0 aliphatic carbocycles. The number of aliphatic hydroxyl groups excluding tert-OH is 1. The van der Waals surface area contributed by atoms with E-state index in [0.717, 1.165) is 18.5 Å². The van der Waals surface area contributed by atoms with Crippen molar-refractivity contribution in [2.75, 3.05) is 39.3 Å². The van der Waals surface area contributed by atoms with Crippen LogP contribution in [0.2, 0.25) is 5.02 Å². The minimum Gasteiger partial charge on any atom is -0.491 e. The first kappa shape index (κ1) is 28.5. The van der Waals surface area contributed by atoms with Crippen LogP contribution in [0, 0.1) is 6.92 Å². The molecular weight excluding hydrogens is 500 g/mol. The van der Waals surface area contributed by atoms with Crippen molar-refractivity contribution in [1.82, 2.24) is 9.21 Å². The number of hydrogen-bond acceptors (Lipinski definition) is 7. The maximum absolute atomic E-state index is 12.9. The van der Waals surface area contributed by atoms with Gasteiger partial charge in [0.05, 0.1) is 4.90 Å². The van der Waals surface area contributed by atoms with Gasteiger partial charge in [0.25, 0.3) is 0 Å². The molecule has 1 aliphatic heterocycles. The van der Waals surface area contributed by atoms with Crippen LogP contribution in [0.15, 0.2) is 53.4 Å². The highest BCUT2D eigenvalue weighted by Gasteiger charge is 2.27. The van der Waals surface area contributed by atoms with Crippen LogP contribution in [0.5, 0.6) is 5.75 Å². The second-order valence-corrected chi connectivity index (χ2v) is 10.3.